The number of aromatic nitrogens is 3. The van der Waals surface area contributed by atoms with Crippen LogP contribution in [-0.2, 0) is 11.2 Å². The number of rotatable bonds is 10. The lowest BCUT2D eigenvalue weighted by atomic mass is 10.0. The number of aryl methyl sites for hydroxylation is 1. The molecule has 0 bridgehead atoms. The molecule has 3 amide bonds. The van der Waals surface area contributed by atoms with E-state index in [1.807, 2.05) is 50.4 Å². The number of fused-ring (bicyclic) bond motifs is 1. The molecular formula is C28H32N6O4. The Morgan fingerprint density at radius 3 is 2.39 bits per heavy atom. The van der Waals surface area contributed by atoms with E-state index in [4.69, 9.17) is 0 Å². The minimum absolute atomic E-state index is 0.0998. The van der Waals surface area contributed by atoms with Crippen LogP contribution in [0.1, 0.15) is 53.9 Å². The molecule has 2 aromatic carbocycles. The molecule has 1 unspecified atom stereocenters. The fourth-order valence-corrected chi connectivity index (χ4v) is 4.42. The molecule has 4 rings (SSSR count). The Bertz CT molecular complexity index is 1430. The Balaban J connectivity index is 1.59. The number of aromatic carboxylic acids is 1. The van der Waals surface area contributed by atoms with Crippen LogP contribution >= 0.6 is 0 Å². The normalized spacial score (nSPS) is 12.7. The molecule has 0 aliphatic heterocycles. The van der Waals surface area contributed by atoms with Crippen LogP contribution in [0.5, 0.6) is 0 Å². The molecule has 2 atom stereocenters. The van der Waals surface area contributed by atoms with Gasteiger partial charge in [0, 0.05) is 34.9 Å². The van der Waals surface area contributed by atoms with E-state index in [1.54, 1.807) is 31.2 Å². The number of nitrogens with one attached hydrogen (secondary N) is 5. The molecule has 10 heteroatoms. The zero-order valence-corrected chi connectivity index (χ0v) is 21.5. The molecule has 2 aromatic heterocycles. The first-order valence-corrected chi connectivity index (χ1v) is 12.5. The van der Waals surface area contributed by atoms with Gasteiger partial charge < -0.3 is 31.0 Å². The van der Waals surface area contributed by atoms with E-state index >= 15 is 0 Å². The second-order valence-electron chi connectivity index (χ2n) is 9.67. The van der Waals surface area contributed by atoms with E-state index in [0.717, 1.165) is 16.5 Å². The third kappa shape index (κ3) is 6.39. The number of carbonyl (C=O) groups is 3. The van der Waals surface area contributed by atoms with Crippen molar-refractivity contribution in [2.24, 2.45) is 5.92 Å². The van der Waals surface area contributed by atoms with Crippen molar-refractivity contribution in [3.8, 4) is 0 Å². The largest absolute Gasteiger partial charge is 0.476 e. The van der Waals surface area contributed by atoms with Crippen LogP contribution in [0, 0.1) is 12.8 Å². The lowest BCUT2D eigenvalue weighted by Gasteiger charge is -2.24. The van der Waals surface area contributed by atoms with Gasteiger partial charge in [-0.1, -0.05) is 50.2 Å². The van der Waals surface area contributed by atoms with Gasteiger partial charge in [0.2, 0.25) is 5.91 Å². The summed E-state index contributed by atoms with van der Waals surface area (Å²) in [7, 11) is 0. The van der Waals surface area contributed by atoms with E-state index in [0.29, 0.717) is 30.0 Å². The lowest BCUT2D eigenvalue weighted by Crippen LogP contribution is -2.49. The second kappa shape index (κ2) is 11.6. The Hall–Kier alpha value is -4.60. The molecule has 10 nitrogen and oxygen atoms in total. The van der Waals surface area contributed by atoms with Crippen molar-refractivity contribution >= 4 is 34.5 Å². The molecule has 0 saturated carbocycles. The predicted octanol–water partition coefficient (Wildman–Crippen LogP) is 4.53. The molecular weight excluding hydrogens is 484 g/mol. The number of aromatic amines is 2. The summed E-state index contributed by atoms with van der Waals surface area (Å²) in [4.78, 5) is 48.4. The maximum Gasteiger partial charge on any atom is 0.356 e. The smallest absolute Gasteiger partial charge is 0.356 e. The summed E-state index contributed by atoms with van der Waals surface area (Å²) in [6.07, 6.45) is 2.63. The highest BCUT2D eigenvalue weighted by molar-refractivity contribution is 5.94. The van der Waals surface area contributed by atoms with Gasteiger partial charge in [-0.05, 0) is 43.0 Å². The van der Waals surface area contributed by atoms with E-state index in [-0.39, 0.29) is 11.6 Å². The zero-order chi connectivity index (χ0) is 27.2. The number of benzene rings is 2. The molecule has 0 aliphatic carbocycles. The minimum atomic E-state index is -1.15. The first-order valence-electron chi connectivity index (χ1n) is 12.5. The second-order valence-corrected chi connectivity index (χ2v) is 9.67. The number of carboxylic acid groups (broad SMARTS) is 1. The number of urea groups is 1. The highest BCUT2D eigenvalue weighted by Gasteiger charge is 2.28. The van der Waals surface area contributed by atoms with Gasteiger partial charge in [0.1, 0.15) is 11.9 Å². The molecule has 0 spiro atoms. The number of carboxylic acids is 1. The molecule has 2 heterocycles. The number of H-pyrrole nitrogens is 2. The summed E-state index contributed by atoms with van der Waals surface area (Å²) in [6.45, 7) is 5.56. The molecule has 0 radical (unpaired) electrons. The van der Waals surface area contributed by atoms with Crippen LogP contribution in [-0.4, -0.2) is 44.0 Å². The fourth-order valence-electron chi connectivity index (χ4n) is 4.42. The van der Waals surface area contributed by atoms with Crippen LogP contribution in [0.2, 0.25) is 0 Å². The van der Waals surface area contributed by atoms with Gasteiger partial charge in [0.05, 0.1) is 6.04 Å². The molecule has 0 aliphatic rings. The molecule has 0 saturated heterocycles. The van der Waals surface area contributed by atoms with Gasteiger partial charge in [0.15, 0.2) is 5.69 Å². The van der Waals surface area contributed by atoms with E-state index < -0.39 is 30.0 Å². The van der Waals surface area contributed by atoms with Crippen molar-refractivity contribution in [3.05, 3.63) is 83.6 Å². The van der Waals surface area contributed by atoms with Crippen LogP contribution in [0.25, 0.3) is 10.9 Å². The summed E-state index contributed by atoms with van der Waals surface area (Å²) >= 11 is 0. The topological polar surface area (TPSA) is 152 Å². The monoisotopic (exact) mass is 516 g/mol. The number of imidazole rings is 1. The number of nitrogens with zero attached hydrogens (tertiary/aromatic N) is 1. The van der Waals surface area contributed by atoms with Gasteiger partial charge >= 0.3 is 12.0 Å². The van der Waals surface area contributed by atoms with Crippen LogP contribution in [0.3, 0.4) is 0 Å². The average Bonchev–Trinajstić information content (AvgIpc) is 3.47. The zero-order valence-electron chi connectivity index (χ0n) is 21.5. The SMILES string of the molecule is Cc1[nH]c([C@@H](Cc2c[nH]c3ccccc23)NC(=O)C(CC(C)C)NC(=O)Nc2ccccc2)nc1C(=O)O. The van der Waals surface area contributed by atoms with Gasteiger partial charge in [0.25, 0.3) is 0 Å². The minimum Gasteiger partial charge on any atom is -0.476 e. The number of hydrogen-bond acceptors (Lipinski definition) is 4. The standard InChI is InChI=1S/C28H32N6O4/c1-16(2)13-23(33-28(38)31-19-9-5-4-6-10-19)26(35)32-22(25-30-17(3)24(34-25)27(36)37)14-18-15-29-21-12-8-7-11-20(18)21/h4-12,15-16,22-23,29H,13-14H2,1-3H3,(H,30,34)(H,32,35)(H,36,37)(H2,31,33,38)/t22-,23?/m1/s1. The van der Waals surface area contributed by atoms with Crippen molar-refractivity contribution in [1.29, 1.82) is 0 Å². The Morgan fingerprint density at radius 2 is 1.71 bits per heavy atom. The van der Waals surface area contributed by atoms with Crippen LogP contribution in [0.15, 0.2) is 60.8 Å². The van der Waals surface area contributed by atoms with Gasteiger partial charge in [-0.25, -0.2) is 14.6 Å². The number of carbonyl (C=O) groups excluding carboxylic acids is 2. The van der Waals surface area contributed by atoms with Gasteiger partial charge in [-0.15, -0.1) is 0 Å². The van der Waals surface area contributed by atoms with Crippen LogP contribution < -0.4 is 16.0 Å². The Kier molecular flexibility index (Phi) is 8.10. The van der Waals surface area contributed by atoms with Crippen molar-refractivity contribution < 1.29 is 19.5 Å². The van der Waals surface area contributed by atoms with Crippen molar-refractivity contribution in [3.63, 3.8) is 0 Å². The highest BCUT2D eigenvalue weighted by atomic mass is 16.4. The lowest BCUT2D eigenvalue weighted by molar-refractivity contribution is -0.124. The van der Waals surface area contributed by atoms with Gasteiger partial charge in [-0.3, -0.25) is 4.79 Å². The number of amides is 3. The first-order chi connectivity index (χ1) is 18.2. The summed E-state index contributed by atoms with van der Waals surface area (Å²) in [6, 6.07) is 14.8. The van der Waals surface area contributed by atoms with Crippen molar-refractivity contribution in [2.45, 2.75) is 45.7 Å². The summed E-state index contributed by atoms with van der Waals surface area (Å²) in [5, 5.41) is 19.1. The Labute approximate surface area is 220 Å². The summed E-state index contributed by atoms with van der Waals surface area (Å²) in [5.41, 5.74) is 2.79. The maximum absolute atomic E-state index is 13.5. The molecule has 4 aromatic rings. The van der Waals surface area contributed by atoms with E-state index in [2.05, 4.69) is 30.9 Å². The quantitative estimate of drug-likeness (QED) is 0.183. The highest BCUT2D eigenvalue weighted by Crippen LogP contribution is 2.24. The summed E-state index contributed by atoms with van der Waals surface area (Å²) < 4.78 is 0. The van der Waals surface area contributed by atoms with Crippen molar-refractivity contribution in [1.82, 2.24) is 25.6 Å². The van der Waals surface area contributed by atoms with E-state index in [1.165, 1.54) is 0 Å². The molecule has 0 fully saturated rings. The van der Waals surface area contributed by atoms with Crippen LogP contribution in [0.4, 0.5) is 10.5 Å². The third-order valence-electron chi connectivity index (χ3n) is 6.21. The van der Waals surface area contributed by atoms with Gasteiger partial charge in [-0.2, -0.15) is 0 Å². The molecule has 6 N–H and O–H groups in total. The number of anilines is 1. The third-order valence-corrected chi connectivity index (χ3v) is 6.21. The molecule has 38 heavy (non-hydrogen) atoms. The Morgan fingerprint density at radius 1 is 1.00 bits per heavy atom. The van der Waals surface area contributed by atoms with Crippen molar-refractivity contribution in [2.75, 3.05) is 5.32 Å². The maximum atomic E-state index is 13.5. The number of hydrogen-bond donors (Lipinski definition) is 6. The predicted molar refractivity (Wildman–Crippen MR) is 145 cm³/mol. The molecule has 198 valence electrons. The summed E-state index contributed by atoms with van der Waals surface area (Å²) in [5.74, 6) is -1.09. The number of para-hydroxylation sites is 2. The van der Waals surface area contributed by atoms with E-state index in [9.17, 15) is 19.5 Å². The average molecular weight is 517 g/mol. The first kappa shape index (κ1) is 26.5. The fraction of sp³-hybridized carbons (Fsp3) is 0.286.